The first kappa shape index (κ1) is 15.5. The van der Waals surface area contributed by atoms with Crippen LogP contribution in [0.2, 0.25) is 0 Å². The summed E-state index contributed by atoms with van der Waals surface area (Å²) in [6.45, 7) is 7.01. The highest BCUT2D eigenvalue weighted by Gasteiger charge is 2.33. The minimum Gasteiger partial charge on any atom is -0.314 e. The maximum absolute atomic E-state index is 12.5. The molecule has 2 atom stereocenters. The molecule has 0 aromatic heterocycles. The van der Waals surface area contributed by atoms with Crippen molar-refractivity contribution in [3.8, 4) is 0 Å². The molecule has 0 amide bonds. The molecule has 1 saturated carbocycles. The molecule has 20 heavy (non-hydrogen) atoms. The van der Waals surface area contributed by atoms with Gasteiger partial charge in [-0.3, -0.25) is 0 Å². The molecule has 1 aliphatic carbocycles. The molecule has 3 nitrogen and oxygen atoms in total. The van der Waals surface area contributed by atoms with Crippen molar-refractivity contribution in [3.05, 3.63) is 34.9 Å². The van der Waals surface area contributed by atoms with Crippen molar-refractivity contribution in [3.63, 3.8) is 0 Å². The SMILES string of the molecule is CCNC1CCC(S(=O)(=O)Cc2cc(C)cc(C)c2)C1. The predicted molar refractivity (Wildman–Crippen MR) is 83.6 cm³/mol. The first-order valence-corrected chi connectivity index (χ1v) is 9.14. The van der Waals surface area contributed by atoms with Crippen LogP contribution in [0.3, 0.4) is 0 Å². The fourth-order valence-corrected chi connectivity index (χ4v) is 5.13. The molecule has 0 spiro atoms. The van der Waals surface area contributed by atoms with Gasteiger partial charge < -0.3 is 5.32 Å². The highest BCUT2D eigenvalue weighted by Crippen LogP contribution is 2.28. The number of nitrogens with one attached hydrogen (secondary N) is 1. The molecule has 0 saturated heterocycles. The van der Waals surface area contributed by atoms with Crippen LogP contribution in [-0.4, -0.2) is 26.3 Å². The van der Waals surface area contributed by atoms with Gasteiger partial charge in [0.15, 0.2) is 9.84 Å². The van der Waals surface area contributed by atoms with Gasteiger partial charge in [0.05, 0.1) is 11.0 Å². The van der Waals surface area contributed by atoms with Gasteiger partial charge in [0.1, 0.15) is 0 Å². The number of hydrogen-bond donors (Lipinski definition) is 1. The number of hydrogen-bond acceptors (Lipinski definition) is 3. The Morgan fingerprint density at radius 3 is 2.40 bits per heavy atom. The van der Waals surface area contributed by atoms with Crippen molar-refractivity contribution in [1.29, 1.82) is 0 Å². The van der Waals surface area contributed by atoms with Crippen molar-refractivity contribution in [2.24, 2.45) is 0 Å². The van der Waals surface area contributed by atoms with E-state index in [0.29, 0.717) is 6.04 Å². The maximum atomic E-state index is 12.5. The van der Waals surface area contributed by atoms with Gasteiger partial charge in [-0.2, -0.15) is 0 Å². The van der Waals surface area contributed by atoms with Crippen LogP contribution in [0.1, 0.15) is 42.9 Å². The Bertz CT molecular complexity index is 546. The summed E-state index contributed by atoms with van der Waals surface area (Å²) in [6, 6.07) is 6.43. The standard InChI is InChI=1S/C16H25NO2S/c1-4-17-15-5-6-16(10-15)20(18,19)11-14-8-12(2)7-13(3)9-14/h7-9,15-17H,4-6,10-11H2,1-3H3. The van der Waals surface area contributed by atoms with Gasteiger partial charge in [0.25, 0.3) is 0 Å². The molecule has 1 N–H and O–H groups in total. The average molecular weight is 295 g/mol. The van der Waals surface area contributed by atoms with E-state index in [4.69, 9.17) is 0 Å². The van der Waals surface area contributed by atoms with Gasteiger partial charge >= 0.3 is 0 Å². The van der Waals surface area contributed by atoms with E-state index in [2.05, 4.69) is 18.3 Å². The van der Waals surface area contributed by atoms with Crippen molar-refractivity contribution in [1.82, 2.24) is 5.32 Å². The Balaban J connectivity index is 2.08. The first-order chi connectivity index (χ1) is 9.40. The van der Waals surface area contributed by atoms with E-state index in [1.807, 2.05) is 26.0 Å². The highest BCUT2D eigenvalue weighted by atomic mass is 32.2. The summed E-state index contributed by atoms with van der Waals surface area (Å²) in [7, 11) is -3.04. The fraction of sp³-hybridized carbons (Fsp3) is 0.625. The summed E-state index contributed by atoms with van der Waals surface area (Å²) in [4.78, 5) is 0. The lowest BCUT2D eigenvalue weighted by molar-refractivity contribution is 0.537. The summed E-state index contributed by atoms with van der Waals surface area (Å²) < 4.78 is 25.1. The van der Waals surface area contributed by atoms with Crippen LogP contribution in [0.15, 0.2) is 18.2 Å². The van der Waals surface area contributed by atoms with E-state index in [1.165, 1.54) is 0 Å². The second-order valence-electron chi connectivity index (χ2n) is 5.99. The Labute approximate surface area is 122 Å². The lowest BCUT2D eigenvalue weighted by atomic mass is 10.1. The van der Waals surface area contributed by atoms with Crippen LogP contribution in [0.5, 0.6) is 0 Å². The van der Waals surface area contributed by atoms with Gasteiger partial charge in [0, 0.05) is 6.04 Å². The largest absolute Gasteiger partial charge is 0.314 e. The number of benzene rings is 1. The van der Waals surface area contributed by atoms with Gasteiger partial charge in [-0.1, -0.05) is 36.2 Å². The van der Waals surface area contributed by atoms with Crippen molar-refractivity contribution < 1.29 is 8.42 Å². The molecule has 112 valence electrons. The van der Waals surface area contributed by atoms with Crippen molar-refractivity contribution in [2.75, 3.05) is 6.54 Å². The quantitative estimate of drug-likeness (QED) is 0.908. The minimum atomic E-state index is -3.04. The Morgan fingerprint density at radius 1 is 1.15 bits per heavy atom. The van der Waals surface area contributed by atoms with E-state index in [-0.39, 0.29) is 11.0 Å². The van der Waals surface area contributed by atoms with Crippen molar-refractivity contribution in [2.45, 2.75) is 57.1 Å². The molecular formula is C16H25NO2S. The topological polar surface area (TPSA) is 46.2 Å². The monoisotopic (exact) mass is 295 g/mol. The van der Waals surface area contributed by atoms with Gasteiger partial charge in [0.2, 0.25) is 0 Å². The lowest BCUT2D eigenvalue weighted by Gasteiger charge is -2.14. The van der Waals surface area contributed by atoms with Crippen molar-refractivity contribution >= 4 is 9.84 Å². The summed E-state index contributed by atoms with van der Waals surface area (Å²) in [6.07, 6.45) is 2.54. The highest BCUT2D eigenvalue weighted by molar-refractivity contribution is 7.91. The van der Waals surface area contributed by atoms with Gasteiger partial charge in [-0.05, 0) is 45.2 Å². The number of rotatable bonds is 5. The van der Waals surface area contributed by atoms with Crippen LogP contribution in [-0.2, 0) is 15.6 Å². The second kappa shape index (κ2) is 6.27. The zero-order valence-corrected chi connectivity index (χ0v) is 13.5. The van der Waals surface area contributed by atoms with Gasteiger partial charge in [-0.25, -0.2) is 8.42 Å². The van der Waals surface area contributed by atoms with E-state index in [1.54, 1.807) is 0 Å². The summed E-state index contributed by atoms with van der Waals surface area (Å²) in [5, 5.41) is 3.19. The third-order valence-corrected chi connectivity index (χ3v) is 6.21. The lowest BCUT2D eigenvalue weighted by Crippen LogP contribution is -2.28. The van der Waals surface area contributed by atoms with E-state index in [9.17, 15) is 8.42 Å². The molecule has 1 aromatic carbocycles. The molecule has 2 unspecified atom stereocenters. The molecular weight excluding hydrogens is 270 g/mol. The zero-order valence-electron chi connectivity index (χ0n) is 12.6. The first-order valence-electron chi connectivity index (χ1n) is 7.43. The molecule has 0 bridgehead atoms. The molecule has 2 rings (SSSR count). The van der Waals surface area contributed by atoms with E-state index < -0.39 is 9.84 Å². The Morgan fingerprint density at radius 2 is 1.80 bits per heavy atom. The van der Waals surface area contributed by atoms with Crippen LogP contribution < -0.4 is 5.32 Å². The predicted octanol–water partition coefficient (Wildman–Crippen LogP) is 2.75. The third-order valence-electron chi connectivity index (χ3n) is 4.03. The number of aryl methyl sites for hydroxylation is 2. The van der Waals surface area contributed by atoms with Gasteiger partial charge in [-0.15, -0.1) is 0 Å². The second-order valence-corrected chi connectivity index (χ2v) is 8.27. The van der Waals surface area contributed by atoms with Crippen LogP contribution in [0, 0.1) is 13.8 Å². The zero-order chi connectivity index (χ0) is 14.8. The minimum absolute atomic E-state index is 0.174. The average Bonchev–Trinajstić information content (AvgIpc) is 2.76. The maximum Gasteiger partial charge on any atom is 0.157 e. The molecule has 0 radical (unpaired) electrons. The molecule has 1 fully saturated rings. The van der Waals surface area contributed by atoms with E-state index in [0.717, 1.165) is 42.5 Å². The number of sulfone groups is 1. The smallest absolute Gasteiger partial charge is 0.157 e. The Kier molecular flexibility index (Phi) is 4.86. The third kappa shape index (κ3) is 3.83. The molecule has 0 aliphatic heterocycles. The summed E-state index contributed by atoms with van der Waals surface area (Å²) in [5.74, 6) is 0.180. The summed E-state index contributed by atoms with van der Waals surface area (Å²) in [5.41, 5.74) is 3.19. The molecule has 1 aromatic rings. The van der Waals surface area contributed by atoms with Crippen LogP contribution >= 0.6 is 0 Å². The molecule has 4 heteroatoms. The fourth-order valence-electron chi connectivity index (χ4n) is 3.24. The summed E-state index contributed by atoms with van der Waals surface area (Å²) >= 11 is 0. The van der Waals surface area contributed by atoms with E-state index >= 15 is 0 Å². The molecule has 0 heterocycles. The Hall–Kier alpha value is -0.870. The van der Waals surface area contributed by atoms with Crippen LogP contribution in [0.25, 0.3) is 0 Å². The van der Waals surface area contributed by atoms with Crippen LogP contribution in [0.4, 0.5) is 0 Å². The normalized spacial score (nSPS) is 23.1. The molecule has 1 aliphatic rings.